The number of carbonyl (C=O) groups excluding carboxylic acids is 1. The first-order valence-corrected chi connectivity index (χ1v) is 10.4. The highest BCUT2D eigenvalue weighted by Gasteiger charge is 2.32. The Morgan fingerprint density at radius 1 is 1.32 bits per heavy atom. The molecule has 1 amide bonds. The molecule has 0 radical (unpaired) electrons. The SMILES string of the molecule is CC(CCO)N1CC(=O)N(CC2CCOCC2)CC(OCc2ccccn2)C1. The van der Waals surface area contributed by atoms with Crippen molar-refractivity contribution in [2.24, 2.45) is 5.92 Å². The molecule has 7 heteroatoms. The molecule has 2 unspecified atom stereocenters. The predicted octanol–water partition coefficient (Wildman–Crippen LogP) is 1.31. The number of hydrogen-bond donors (Lipinski definition) is 1. The smallest absolute Gasteiger partial charge is 0.236 e. The summed E-state index contributed by atoms with van der Waals surface area (Å²) < 4.78 is 11.6. The number of nitrogens with zero attached hydrogens (tertiary/aromatic N) is 3. The largest absolute Gasteiger partial charge is 0.396 e. The van der Waals surface area contributed by atoms with Gasteiger partial charge in [0.2, 0.25) is 5.91 Å². The van der Waals surface area contributed by atoms with E-state index < -0.39 is 0 Å². The molecule has 1 aromatic heterocycles. The second kappa shape index (κ2) is 10.9. The standard InChI is InChI=1S/C21H33N3O4/c1-17(5-9-25)23-13-20(28-16-19-4-2-3-8-22-19)14-24(21(26)15-23)12-18-6-10-27-11-7-18/h2-4,8,17-18,20,25H,5-7,9-16H2,1H3. The fourth-order valence-corrected chi connectivity index (χ4v) is 3.92. The highest BCUT2D eigenvalue weighted by atomic mass is 16.5. The summed E-state index contributed by atoms with van der Waals surface area (Å²) in [5.41, 5.74) is 0.893. The van der Waals surface area contributed by atoms with Crippen LogP contribution >= 0.6 is 0 Å². The molecule has 0 aromatic carbocycles. The van der Waals surface area contributed by atoms with Gasteiger partial charge in [-0.05, 0) is 44.2 Å². The van der Waals surface area contributed by atoms with Crippen molar-refractivity contribution >= 4 is 5.91 Å². The molecule has 3 heterocycles. The maximum Gasteiger partial charge on any atom is 0.236 e. The highest BCUT2D eigenvalue weighted by molar-refractivity contribution is 5.78. The van der Waals surface area contributed by atoms with Crippen LogP contribution in [0.25, 0.3) is 0 Å². The Balaban J connectivity index is 1.66. The summed E-state index contributed by atoms with van der Waals surface area (Å²) in [6, 6.07) is 5.93. The number of aliphatic hydroxyl groups is 1. The first kappa shape index (κ1) is 21.2. The van der Waals surface area contributed by atoms with E-state index >= 15 is 0 Å². The summed E-state index contributed by atoms with van der Waals surface area (Å²) >= 11 is 0. The Morgan fingerprint density at radius 2 is 2.14 bits per heavy atom. The van der Waals surface area contributed by atoms with E-state index in [0.717, 1.165) is 38.3 Å². The van der Waals surface area contributed by atoms with E-state index in [2.05, 4.69) is 16.8 Å². The molecule has 3 rings (SSSR count). The van der Waals surface area contributed by atoms with Gasteiger partial charge in [-0.3, -0.25) is 14.7 Å². The van der Waals surface area contributed by atoms with E-state index in [1.54, 1.807) is 6.20 Å². The molecule has 0 bridgehead atoms. The van der Waals surface area contributed by atoms with Crippen molar-refractivity contribution in [3.05, 3.63) is 30.1 Å². The van der Waals surface area contributed by atoms with Gasteiger partial charge in [-0.1, -0.05) is 6.07 Å². The van der Waals surface area contributed by atoms with Gasteiger partial charge in [0, 0.05) is 51.7 Å². The molecule has 28 heavy (non-hydrogen) atoms. The molecular formula is C21H33N3O4. The highest BCUT2D eigenvalue weighted by Crippen LogP contribution is 2.20. The molecule has 0 spiro atoms. The van der Waals surface area contributed by atoms with Crippen LogP contribution in [-0.4, -0.2) is 83.9 Å². The lowest BCUT2D eigenvalue weighted by molar-refractivity contribution is -0.133. The van der Waals surface area contributed by atoms with E-state index in [9.17, 15) is 9.90 Å². The molecule has 7 nitrogen and oxygen atoms in total. The van der Waals surface area contributed by atoms with Crippen LogP contribution in [-0.2, 0) is 20.9 Å². The number of aliphatic hydroxyl groups excluding tert-OH is 1. The first-order chi connectivity index (χ1) is 13.7. The average molecular weight is 392 g/mol. The van der Waals surface area contributed by atoms with Crippen LogP contribution in [0.4, 0.5) is 0 Å². The van der Waals surface area contributed by atoms with Crippen LogP contribution in [0.5, 0.6) is 0 Å². The van der Waals surface area contributed by atoms with E-state index in [-0.39, 0.29) is 24.7 Å². The molecule has 156 valence electrons. The molecule has 2 aliphatic heterocycles. The second-order valence-corrected chi connectivity index (χ2v) is 7.90. The van der Waals surface area contributed by atoms with Crippen LogP contribution in [0.1, 0.15) is 31.9 Å². The predicted molar refractivity (Wildman–Crippen MR) is 106 cm³/mol. The van der Waals surface area contributed by atoms with Gasteiger partial charge in [0.15, 0.2) is 0 Å². The molecule has 2 fully saturated rings. The lowest BCUT2D eigenvalue weighted by Crippen LogP contribution is -2.42. The Bertz CT molecular complexity index is 595. The topological polar surface area (TPSA) is 75.1 Å². The Morgan fingerprint density at radius 3 is 2.86 bits per heavy atom. The number of pyridine rings is 1. The molecule has 2 atom stereocenters. The number of carbonyl (C=O) groups is 1. The van der Waals surface area contributed by atoms with E-state index in [4.69, 9.17) is 9.47 Å². The fourth-order valence-electron chi connectivity index (χ4n) is 3.92. The molecule has 2 saturated heterocycles. The number of ether oxygens (including phenoxy) is 2. The first-order valence-electron chi connectivity index (χ1n) is 10.4. The van der Waals surface area contributed by atoms with Crippen molar-refractivity contribution in [1.82, 2.24) is 14.8 Å². The van der Waals surface area contributed by atoms with Gasteiger partial charge in [0.1, 0.15) is 0 Å². The van der Waals surface area contributed by atoms with E-state index in [1.807, 2.05) is 23.1 Å². The zero-order valence-electron chi connectivity index (χ0n) is 16.8. The zero-order chi connectivity index (χ0) is 19.8. The summed E-state index contributed by atoms with van der Waals surface area (Å²) in [4.78, 5) is 21.4. The van der Waals surface area contributed by atoms with Crippen molar-refractivity contribution in [2.45, 2.75) is 44.9 Å². The third kappa shape index (κ3) is 6.24. The van der Waals surface area contributed by atoms with Crippen molar-refractivity contribution in [1.29, 1.82) is 0 Å². The summed E-state index contributed by atoms with van der Waals surface area (Å²) in [5.74, 6) is 0.649. The number of rotatable bonds is 8. The van der Waals surface area contributed by atoms with Crippen LogP contribution < -0.4 is 0 Å². The van der Waals surface area contributed by atoms with Gasteiger partial charge in [-0.25, -0.2) is 0 Å². The van der Waals surface area contributed by atoms with Crippen molar-refractivity contribution in [2.75, 3.05) is 46.0 Å². The van der Waals surface area contributed by atoms with Gasteiger partial charge < -0.3 is 19.5 Å². The Hall–Kier alpha value is -1.54. The van der Waals surface area contributed by atoms with Gasteiger partial charge >= 0.3 is 0 Å². The maximum absolute atomic E-state index is 12.9. The minimum Gasteiger partial charge on any atom is -0.396 e. The summed E-state index contributed by atoms with van der Waals surface area (Å²) in [7, 11) is 0. The van der Waals surface area contributed by atoms with Crippen LogP contribution in [0, 0.1) is 5.92 Å². The molecule has 1 aromatic rings. The van der Waals surface area contributed by atoms with Gasteiger partial charge in [-0.15, -0.1) is 0 Å². The van der Waals surface area contributed by atoms with E-state index in [0.29, 0.717) is 38.6 Å². The lowest BCUT2D eigenvalue weighted by Gasteiger charge is -2.30. The fraction of sp³-hybridized carbons (Fsp3) is 0.714. The summed E-state index contributed by atoms with van der Waals surface area (Å²) in [6.45, 7) is 6.63. The Kier molecular flexibility index (Phi) is 8.21. The number of amides is 1. The molecule has 0 saturated carbocycles. The molecule has 2 aliphatic rings. The van der Waals surface area contributed by atoms with Crippen LogP contribution in [0.15, 0.2) is 24.4 Å². The number of hydrogen-bond acceptors (Lipinski definition) is 6. The maximum atomic E-state index is 12.9. The summed E-state index contributed by atoms with van der Waals surface area (Å²) in [6.07, 6.45) is 4.36. The van der Waals surface area contributed by atoms with Gasteiger partial charge in [0.05, 0.1) is 24.9 Å². The Labute approximate surface area is 167 Å². The lowest BCUT2D eigenvalue weighted by atomic mass is 9.99. The molecule has 0 aliphatic carbocycles. The monoisotopic (exact) mass is 391 g/mol. The molecular weight excluding hydrogens is 358 g/mol. The van der Waals surface area contributed by atoms with Gasteiger partial charge in [0.25, 0.3) is 0 Å². The zero-order valence-corrected chi connectivity index (χ0v) is 16.8. The van der Waals surface area contributed by atoms with E-state index in [1.165, 1.54) is 0 Å². The minimum absolute atomic E-state index is 0.0746. The normalized spacial score (nSPS) is 23.6. The van der Waals surface area contributed by atoms with Crippen molar-refractivity contribution in [3.63, 3.8) is 0 Å². The van der Waals surface area contributed by atoms with Crippen LogP contribution in [0.3, 0.4) is 0 Å². The molecule has 1 N–H and O–H groups in total. The quantitative estimate of drug-likeness (QED) is 0.720. The summed E-state index contributed by atoms with van der Waals surface area (Å²) in [5, 5.41) is 9.32. The second-order valence-electron chi connectivity index (χ2n) is 7.90. The third-order valence-corrected chi connectivity index (χ3v) is 5.74. The number of aromatic nitrogens is 1. The third-order valence-electron chi connectivity index (χ3n) is 5.74. The van der Waals surface area contributed by atoms with Crippen molar-refractivity contribution in [3.8, 4) is 0 Å². The van der Waals surface area contributed by atoms with Crippen molar-refractivity contribution < 1.29 is 19.4 Å². The van der Waals surface area contributed by atoms with Crippen LogP contribution in [0.2, 0.25) is 0 Å². The minimum atomic E-state index is -0.0746. The average Bonchev–Trinajstić information content (AvgIpc) is 2.87. The van der Waals surface area contributed by atoms with Gasteiger partial charge in [-0.2, -0.15) is 0 Å².